The average Bonchev–Trinajstić information content (AvgIpc) is 2.55. The molecule has 0 bridgehead atoms. The van der Waals surface area contributed by atoms with Gasteiger partial charge >= 0.3 is 0 Å². The summed E-state index contributed by atoms with van der Waals surface area (Å²) in [7, 11) is 1.67. The van der Waals surface area contributed by atoms with E-state index in [2.05, 4.69) is 12.2 Å². The molecule has 0 amide bonds. The van der Waals surface area contributed by atoms with Gasteiger partial charge < -0.3 is 14.8 Å². The van der Waals surface area contributed by atoms with Crippen molar-refractivity contribution in [3.63, 3.8) is 0 Å². The molecular weight excluding hydrogens is 262 g/mol. The zero-order valence-electron chi connectivity index (χ0n) is 13.4. The maximum Gasteiger partial charge on any atom is 0.161 e. The van der Waals surface area contributed by atoms with Gasteiger partial charge in [0, 0.05) is 6.54 Å². The van der Waals surface area contributed by atoms with Gasteiger partial charge in [0.15, 0.2) is 11.5 Å². The van der Waals surface area contributed by atoms with Gasteiger partial charge in [0.1, 0.15) is 6.61 Å². The standard InChI is InChI=1S/C18H29NO2/c1-3-15-8-10-16(11-9-15)14-19-12-13-21-18-7-5-4-6-17(18)20-2/h4-7,15-16,19H,3,8-14H2,1-2H3. The maximum absolute atomic E-state index is 5.76. The van der Waals surface area contributed by atoms with Crippen LogP contribution >= 0.6 is 0 Å². The number of ether oxygens (including phenoxy) is 2. The van der Waals surface area contributed by atoms with Gasteiger partial charge in [-0.2, -0.15) is 0 Å². The normalized spacial score (nSPS) is 22.0. The second kappa shape index (κ2) is 8.93. The Labute approximate surface area is 129 Å². The fourth-order valence-corrected chi connectivity index (χ4v) is 3.12. The SMILES string of the molecule is CCC1CCC(CNCCOc2ccccc2OC)CC1. The number of methoxy groups -OCH3 is 1. The van der Waals surface area contributed by atoms with E-state index in [1.165, 1.54) is 32.1 Å². The smallest absolute Gasteiger partial charge is 0.161 e. The van der Waals surface area contributed by atoms with E-state index in [0.29, 0.717) is 6.61 Å². The molecular formula is C18H29NO2. The predicted molar refractivity (Wildman–Crippen MR) is 87.1 cm³/mol. The van der Waals surface area contributed by atoms with Crippen LogP contribution in [0.2, 0.25) is 0 Å². The van der Waals surface area contributed by atoms with Crippen LogP contribution in [-0.4, -0.2) is 26.8 Å². The van der Waals surface area contributed by atoms with Crippen molar-refractivity contribution in [3.05, 3.63) is 24.3 Å². The Hall–Kier alpha value is -1.22. The fraction of sp³-hybridized carbons (Fsp3) is 0.667. The lowest BCUT2D eigenvalue weighted by molar-refractivity contribution is 0.251. The molecule has 3 nitrogen and oxygen atoms in total. The van der Waals surface area contributed by atoms with Crippen LogP contribution in [0.4, 0.5) is 0 Å². The van der Waals surface area contributed by atoms with Crippen LogP contribution < -0.4 is 14.8 Å². The first-order valence-corrected chi connectivity index (χ1v) is 8.30. The minimum atomic E-state index is 0.685. The van der Waals surface area contributed by atoms with Crippen molar-refractivity contribution in [2.45, 2.75) is 39.0 Å². The van der Waals surface area contributed by atoms with Crippen molar-refractivity contribution in [1.82, 2.24) is 5.32 Å². The lowest BCUT2D eigenvalue weighted by Crippen LogP contribution is -2.29. The second-order valence-corrected chi connectivity index (χ2v) is 6.00. The highest BCUT2D eigenvalue weighted by atomic mass is 16.5. The molecule has 0 saturated heterocycles. The predicted octanol–water partition coefficient (Wildman–Crippen LogP) is 3.88. The zero-order chi connectivity index (χ0) is 14.9. The third kappa shape index (κ3) is 5.24. The molecule has 3 heteroatoms. The Kier molecular flexibility index (Phi) is 6.87. The summed E-state index contributed by atoms with van der Waals surface area (Å²) < 4.78 is 11.0. The number of rotatable bonds is 8. The number of hydrogen-bond acceptors (Lipinski definition) is 3. The van der Waals surface area contributed by atoms with Crippen LogP contribution in [0.25, 0.3) is 0 Å². The largest absolute Gasteiger partial charge is 0.493 e. The first-order chi connectivity index (χ1) is 10.3. The molecule has 1 aliphatic rings. The summed E-state index contributed by atoms with van der Waals surface area (Å²) in [5.74, 6) is 3.47. The van der Waals surface area contributed by atoms with Crippen LogP contribution in [0, 0.1) is 11.8 Å². The molecule has 0 atom stereocenters. The van der Waals surface area contributed by atoms with Crippen molar-refractivity contribution in [2.24, 2.45) is 11.8 Å². The van der Waals surface area contributed by atoms with Crippen molar-refractivity contribution in [3.8, 4) is 11.5 Å². The molecule has 0 unspecified atom stereocenters. The minimum Gasteiger partial charge on any atom is -0.493 e. The third-order valence-corrected chi connectivity index (χ3v) is 4.58. The molecule has 1 aliphatic carbocycles. The molecule has 1 N–H and O–H groups in total. The molecule has 2 rings (SSSR count). The quantitative estimate of drug-likeness (QED) is 0.737. The molecule has 0 radical (unpaired) electrons. The summed E-state index contributed by atoms with van der Waals surface area (Å²) in [5, 5.41) is 3.53. The summed E-state index contributed by atoms with van der Waals surface area (Å²) in [5.41, 5.74) is 0. The van der Waals surface area contributed by atoms with E-state index < -0.39 is 0 Å². The lowest BCUT2D eigenvalue weighted by atomic mass is 9.81. The summed E-state index contributed by atoms with van der Waals surface area (Å²) in [6.07, 6.45) is 6.96. The van der Waals surface area contributed by atoms with Crippen molar-refractivity contribution in [1.29, 1.82) is 0 Å². The average molecular weight is 291 g/mol. The molecule has 1 aromatic rings. The van der Waals surface area contributed by atoms with Crippen LogP contribution in [0.5, 0.6) is 11.5 Å². The van der Waals surface area contributed by atoms with Crippen molar-refractivity contribution in [2.75, 3.05) is 26.8 Å². The van der Waals surface area contributed by atoms with Crippen LogP contribution in [-0.2, 0) is 0 Å². The van der Waals surface area contributed by atoms with E-state index in [1.54, 1.807) is 7.11 Å². The van der Waals surface area contributed by atoms with Gasteiger partial charge in [0.2, 0.25) is 0 Å². The molecule has 1 aromatic carbocycles. The Morgan fingerprint density at radius 3 is 2.38 bits per heavy atom. The van der Waals surface area contributed by atoms with E-state index in [4.69, 9.17) is 9.47 Å². The molecule has 21 heavy (non-hydrogen) atoms. The van der Waals surface area contributed by atoms with Crippen LogP contribution in [0.15, 0.2) is 24.3 Å². The Bertz CT molecular complexity index is 400. The summed E-state index contributed by atoms with van der Waals surface area (Å²) >= 11 is 0. The maximum atomic E-state index is 5.76. The molecule has 0 aliphatic heterocycles. The molecule has 0 spiro atoms. The van der Waals surface area contributed by atoms with Gasteiger partial charge in [0.05, 0.1) is 7.11 Å². The van der Waals surface area contributed by atoms with Gasteiger partial charge in [0.25, 0.3) is 0 Å². The van der Waals surface area contributed by atoms with Gasteiger partial charge in [-0.15, -0.1) is 0 Å². The number of benzene rings is 1. The van der Waals surface area contributed by atoms with Crippen LogP contribution in [0.3, 0.4) is 0 Å². The van der Waals surface area contributed by atoms with Crippen molar-refractivity contribution < 1.29 is 9.47 Å². The summed E-state index contributed by atoms with van der Waals surface area (Å²) in [6, 6.07) is 7.80. The highest BCUT2D eigenvalue weighted by molar-refractivity contribution is 5.39. The zero-order valence-corrected chi connectivity index (χ0v) is 13.4. The second-order valence-electron chi connectivity index (χ2n) is 6.00. The Morgan fingerprint density at radius 1 is 1.05 bits per heavy atom. The molecule has 0 heterocycles. The van der Waals surface area contributed by atoms with E-state index in [-0.39, 0.29) is 0 Å². The molecule has 0 aromatic heterocycles. The lowest BCUT2D eigenvalue weighted by Gasteiger charge is -2.27. The van der Waals surface area contributed by atoms with Crippen molar-refractivity contribution >= 4 is 0 Å². The fourth-order valence-electron chi connectivity index (χ4n) is 3.12. The number of nitrogens with one attached hydrogen (secondary N) is 1. The number of hydrogen-bond donors (Lipinski definition) is 1. The Balaban J connectivity index is 1.58. The van der Waals surface area contributed by atoms with Crippen LogP contribution in [0.1, 0.15) is 39.0 Å². The first-order valence-electron chi connectivity index (χ1n) is 8.30. The third-order valence-electron chi connectivity index (χ3n) is 4.58. The number of para-hydroxylation sites is 2. The van der Waals surface area contributed by atoms with Gasteiger partial charge in [-0.05, 0) is 43.4 Å². The summed E-state index contributed by atoms with van der Waals surface area (Å²) in [6.45, 7) is 5.03. The highest BCUT2D eigenvalue weighted by Crippen LogP contribution is 2.30. The molecule has 1 fully saturated rings. The van der Waals surface area contributed by atoms with Gasteiger partial charge in [-0.3, -0.25) is 0 Å². The molecule has 1 saturated carbocycles. The van der Waals surface area contributed by atoms with Gasteiger partial charge in [-0.1, -0.05) is 38.3 Å². The topological polar surface area (TPSA) is 30.5 Å². The Morgan fingerprint density at radius 2 is 1.71 bits per heavy atom. The highest BCUT2D eigenvalue weighted by Gasteiger charge is 2.19. The van der Waals surface area contributed by atoms with E-state index in [9.17, 15) is 0 Å². The molecule has 118 valence electrons. The first kappa shape index (κ1) is 16.2. The summed E-state index contributed by atoms with van der Waals surface area (Å²) in [4.78, 5) is 0. The van der Waals surface area contributed by atoms with Gasteiger partial charge in [-0.25, -0.2) is 0 Å². The minimum absolute atomic E-state index is 0.685. The van der Waals surface area contributed by atoms with E-state index >= 15 is 0 Å². The monoisotopic (exact) mass is 291 g/mol. The van der Waals surface area contributed by atoms with E-state index in [1.807, 2.05) is 24.3 Å². The van der Waals surface area contributed by atoms with E-state index in [0.717, 1.165) is 36.4 Å².